The molecule has 11 heavy (non-hydrogen) atoms. The second-order valence-corrected chi connectivity index (χ2v) is 5.37. The third kappa shape index (κ3) is 1.02. The van der Waals surface area contributed by atoms with E-state index in [4.69, 9.17) is 0 Å². The van der Waals surface area contributed by atoms with Crippen LogP contribution in [0.5, 0.6) is 0 Å². The summed E-state index contributed by atoms with van der Waals surface area (Å²) in [7, 11) is 0. The van der Waals surface area contributed by atoms with Crippen molar-refractivity contribution in [3.63, 3.8) is 0 Å². The van der Waals surface area contributed by atoms with Crippen molar-refractivity contribution in [2.45, 2.75) is 46.5 Å². The Labute approximate surface area is 70.4 Å². The molecule has 0 aromatic rings. The zero-order chi connectivity index (χ0) is 8.06. The Hall–Kier alpha value is 0. The van der Waals surface area contributed by atoms with Crippen LogP contribution in [0.25, 0.3) is 0 Å². The second-order valence-electron chi connectivity index (χ2n) is 5.37. The van der Waals surface area contributed by atoms with E-state index in [1.807, 2.05) is 0 Å². The van der Waals surface area contributed by atoms with E-state index < -0.39 is 0 Å². The van der Waals surface area contributed by atoms with Gasteiger partial charge in [0.1, 0.15) is 0 Å². The van der Waals surface area contributed by atoms with Gasteiger partial charge in [-0.3, -0.25) is 0 Å². The minimum absolute atomic E-state index is 0.699. The quantitative estimate of drug-likeness (QED) is 0.498. The first-order valence-corrected chi connectivity index (χ1v) is 5.10. The molecule has 2 bridgehead atoms. The third-order valence-corrected chi connectivity index (χ3v) is 4.37. The number of fused-ring (bicyclic) bond motifs is 3. The van der Waals surface area contributed by atoms with E-state index in [2.05, 4.69) is 20.8 Å². The normalized spacial score (nSPS) is 47.7. The fraction of sp³-hybridized carbons (Fsp3) is 1.00. The summed E-state index contributed by atoms with van der Waals surface area (Å²) in [5.41, 5.74) is 0.699. The number of hydrogen-bond donors (Lipinski definition) is 0. The molecule has 3 aliphatic rings. The molecule has 3 fully saturated rings. The van der Waals surface area contributed by atoms with Gasteiger partial charge in [-0.05, 0) is 42.4 Å². The summed E-state index contributed by atoms with van der Waals surface area (Å²) in [4.78, 5) is 0. The second kappa shape index (κ2) is 2.24. The SMILES string of the molecule is C[C@@H]1CCC2CC(C1)C2(C)C. The first kappa shape index (κ1) is 7.64. The summed E-state index contributed by atoms with van der Waals surface area (Å²) in [6.45, 7) is 7.38. The standard InChI is InChI=1S/C11H20/c1-8-4-5-9-7-10(6-8)11(9,2)3/h8-10H,4-7H2,1-3H3/t8-,9?,10?/m1/s1. The molecule has 0 aromatic heterocycles. The van der Waals surface area contributed by atoms with Gasteiger partial charge in [0.05, 0.1) is 0 Å². The molecule has 0 spiro atoms. The summed E-state index contributed by atoms with van der Waals surface area (Å²) in [6, 6.07) is 0. The molecule has 64 valence electrons. The maximum absolute atomic E-state index is 2.48. The molecule has 0 heterocycles. The predicted octanol–water partition coefficient (Wildman–Crippen LogP) is 3.47. The van der Waals surface area contributed by atoms with Crippen LogP contribution >= 0.6 is 0 Å². The molecule has 0 aliphatic heterocycles. The van der Waals surface area contributed by atoms with Crippen LogP contribution in [0.1, 0.15) is 46.5 Å². The molecule has 2 unspecified atom stereocenters. The minimum atomic E-state index is 0.699. The number of hydrogen-bond acceptors (Lipinski definition) is 0. The van der Waals surface area contributed by atoms with Gasteiger partial charge in [-0.2, -0.15) is 0 Å². The lowest BCUT2D eigenvalue weighted by Gasteiger charge is -2.51. The Morgan fingerprint density at radius 3 is 2.36 bits per heavy atom. The average Bonchev–Trinajstić information content (AvgIpc) is 2.17. The van der Waals surface area contributed by atoms with Crippen molar-refractivity contribution in [2.24, 2.45) is 23.2 Å². The smallest absolute Gasteiger partial charge is 0.0297 e. The molecule has 0 radical (unpaired) electrons. The van der Waals surface area contributed by atoms with Gasteiger partial charge in [0.15, 0.2) is 0 Å². The lowest BCUT2D eigenvalue weighted by atomic mass is 9.54. The van der Waals surface area contributed by atoms with Crippen molar-refractivity contribution >= 4 is 0 Å². The topological polar surface area (TPSA) is 0 Å². The van der Waals surface area contributed by atoms with Gasteiger partial charge in [-0.1, -0.05) is 27.2 Å². The van der Waals surface area contributed by atoms with Crippen LogP contribution in [-0.2, 0) is 0 Å². The molecule has 0 amide bonds. The molecular weight excluding hydrogens is 132 g/mol. The van der Waals surface area contributed by atoms with Crippen LogP contribution in [-0.4, -0.2) is 0 Å². The molecule has 0 heteroatoms. The Kier molecular flexibility index (Phi) is 1.56. The Morgan fingerprint density at radius 1 is 1.00 bits per heavy atom. The fourth-order valence-electron chi connectivity index (χ4n) is 3.10. The zero-order valence-corrected chi connectivity index (χ0v) is 8.06. The first-order chi connectivity index (χ1) is 5.10. The molecule has 0 nitrogen and oxygen atoms in total. The van der Waals surface area contributed by atoms with Crippen LogP contribution < -0.4 is 0 Å². The first-order valence-electron chi connectivity index (χ1n) is 5.10. The van der Waals surface area contributed by atoms with Gasteiger partial charge < -0.3 is 0 Å². The average molecular weight is 152 g/mol. The molecular formula is C11H20. The monoisotopic (exact) mass is 152 g/mol. The van der Waals surface area contributed by atoms with Crippen molar-refractivity contribution in [1.29, 1.82) is 0 Å². The van der Waals surface area contributed by atoms with E-state index in [-0.39, 0.29) is 0 Å². The van der Waals surface area contributed by atoms with Crippen molar-refractivity contribution in [2.75, 3.05) is 0 Å². The summed E-state index contributed by atoms with van der Waals surface area (Å²) in [6.07, 6.45) is 6.04. The third-order valence-electron chi connectivity index (χ3n) is 4.37. The summed E-state index contributed by atoms with van der Waals surface area (Å²) >= 11 is 0. The maximum atomic E-state index is 2.48. The highest BCUT2D eigenvalue weighted by atomic mass is 14.5. The van der Waals surface area contributed by atoms with E-state index in [1.165, 1.54) is 25.7 Å². The molecule has 3 saturated carbocycles. The summed E-state index contributed by atoms with van der Waals surface area (Å²) in [5.74, 6) is 3.13. The van der Waals surface area contributed by atoms with Crippen LogP contribution in [0.3, 0.4) is 0 Å². The Balaban J connectivity index is 2.11. The summed E-state index contributed by atoms with van der Waals surface area (Å²) < 4.78 is 0. The van der Waals surface area contributed by atoms with E-state index in [1.54, 1.807) is 0 Å². The maximum Gasteiger partial charge on any atom is -0.0297 e. The van der Waals surface area contributed by atoms with Gasteiger partial charge in [0.2, 0.25) is 0 Å². The lowest BCUT2D eigenvalue weighted by Crippen LogP contribution is -2.43. The lowest BCUT2D eigenvalue weighted by molar-refractivity contribution is -0.0170. The van der Waals surface area contributed by atoms with E-state index in [0.717, 1.165) is 17.8 Å². The molecule has 3 rings (SSSR count). The zero-order valence-electron chi connectivity index (χ0n) is 8.06. The van der Waals surface area contributed by atoms with E-state index >= 15 is 0 Å². The van der Waals surface area contributed by atoms with Gasteiger partial charge in [-0.25, -0.2) is 0 Å². The Morgan fingerprint density at radius 2 is 1.73 bits per heavy atom. The van der Waals surface area contributed by atoms with Gasteiger partial charge in [-0.15, -0.1) is 0 Å². The molecule has 3 aliphatic carbocycles. The van der Waals surface area contributed by atoms with Crippen molar-refractivity contribution < 1.29 is 0 Å². The van der Waals surface area contributed by atoms with Crippen LogP contribution in [0.4, 0.5) is 0 Å². The van der Waals surface area contributed by atoms with E-state index in [9.17, 15) is 0 Å². The molecule has 0 aromatic carbocycles. The van der Waals surface area contributed by atoms with Gasteiger partial charge in [0.25, 0.3) is 0 Å². The highest BCUT2D eigenvalue weighted by Gasteiger charge is 2.49. The van der Waals surface area contributed by atoms with Crippen molar-refractivity contribution in [1.82, 2.24) is 0 Å². The summed E-state index contributed by atoms with van der Waals surface area (Å²) in [5, 5.41) is 0. The highest BCUT2D eigenvalue weighted by Crippen LogP contribution is 2.58. The molecule has 0 N–H and O–H groups in total. The van der Waals surface area contributed by atoms with Crippen LogP contribution in [0.15, 0.2) is 0 Å². The van der Waals surface area contributed by atoms with E-state index in [0.29, 0.717) is 5.41 Å². The Bertz CT molecular complexity index is 157. The fourth-order valence-corrected chi connectivity index (χ4v) is 3.10. The minimum Gasteiger partial charge on any atom is -0.0625 e. The van der Waals surface area contributed by atoms with Crippen molar-refractivity contribution in [3.05, 3.63) is 0 Å². The largest absolute Gasteiger partial charge is 0.0625 e. The van der Waals surface area contributed by atoms with Crippen LogP contribution in [0, 0.1) is 23.2 Å². The van der Waals surface area contributed by atoms with Crippen LogP contribution in [0.2, 0.25) is 0 Å². The van der Waals surface area contributed by atoms with Gasteiger partial charge in [0, 0.05) is 0 Å². The predicted molar refractivity (Wildman–Crippen MR) is 48.4 cm³/mol. The molecule has 0 saturated heterocycles. The number of rotatable bonds is 0. The van der Waals surface area contributed by atoms with Gasteiger partial charge >= 0.3 is 0 Å². The highest BCUT2D eigenvalue weighted by molar-refractivity contribution is 4.98. The molecule has 3 atom stereocenters. The van der Waals surface area contributed by atoms with Crippen molar-refractivity contribution in [3.8, 4) is 0 Å².